The fourth-order valence-corrected chi connectivity index (χ4v) is 3.51. The minimum absolute atomic E-state index is 0.161. The Morgan fingerprint density at radius 1 is 1.14 bits per heavy atom. The van der Waals surface area contributed by atoms with Crippen LogP contribution >= 0.6 is 0 Å². The molecule has 1 unspecified atom stereocenters. The quantitative estimate of drug-likeness (QED) is 0.694. The molecular weight excluding hydrogens is 362 g/mol. The van der Waals surface area contributed by atoms with Crippen LogP contribution in [0.5, 0.6) is 0 Å². The van der Waals surface area contributed by atoms with Crippen LogP contribution in [0.4, 0.5) is 11.6 Å². The molecule has 0 radical (unpaired) electrons. The summed E-state index contributed by atoms with van der Waals surface area (Å²) in [5, 5.41) is 10.6. The number of aryl methyl sites for hydroxylation is 2. The molecule has 0 bridgehead atoms. The average Bonchev–Trinajstić information content (AvgIpc) is 3.16. The van der Waals surface area contributed by atoms with Gasteiger partial charge < -0.3 is 10.6 Å². The Hall–Kier alpha value is -3.67. The molecule has 6 nitrogen and oxygen atoms in total. The van der Waals surface area contributed by atoms with Crippen LogP contribution in [0.2, 0.25) is 0 Å². The van der Waals surface area contributed by atoms with E-state index >= 15 is 0 Å². The third-order valence-corrected chi connectivity index (χ3v) is 4.98. The summed E-state index contributed by atoms with van der Waals surface area (Å²) < 4.78 is 1.73. The Bertz CT molecular complexity index is 1110. The molecule has 1 aliphatic heterocycles. The van der Waals surface area contributed by atoms with Crippen molar-refractivity contribution in [2.45, 2.75) is 26.8 Å². The second kappa shape index (κ2) is 7.75. The number of carbonyl (C=O) groups excluding carboxylic acids is 1. The fourth-order valence-electron chi connectivity index (χ4n) is 3.51. The average molecular weight is 385 g/mol. The first-order valence-corrected chi connectivity index (χ1v) is 9.52. The van der Waals surface area contributed by atoms with Crippen LogP contribution in [-0.2, 0) is 4.79 Å². The van der Waals surface area contributed by atoms with E-state index in [-0.39, 0.29) is 11.9 Å². The highest BCUT2D eigenvalue weighted by Gasteiger charge is 2.30. The largest absolute Gasteiger partial charge is 0.328 e. The Balaban J connectivity index is 1.68. The minimum atomic E-state index is -0.361. The lowest BCUT2D eigenvalue weighted by Crippen LogP contribution is -2.30. The van der Waals surface area contributed by atoms with Crippen LogP contribution in [0.3, 0.4) is 0 Å². The number of aromatic nitrogens is 3. The summed E-state index contributed by atoms with van der Waals surface area (Å²) in [7, 11) is 0. The van der Waals surface area contributed by atoms with Gasteiger partial charge in [-0.3, -0.25) is 4.79 Å². The lowest BCUT2D eigenvalue weighted by molar-refractivity contribution is -0.113. The highest BCUT2D eigenvalue weighted by Crippen LogP contribution is 2.32. The highest BCUT2D eigenvalue weighted by atomic mass is 16.1. The summed E-state index contributed by atoms with van der Waals surface area (Å²) in [4.78, 5) is 17.5. The Morgan fingerprint density at radius 3 is 2.69 bits per heavy atom. The Morgan fingerprint density at radius 2 is 1.93 bits per heavy atom. The summed E-state index contributed by atoms with van der Waals surface area (Å²) in [5.41, 5.74) is 5.41. The predicted molar refractivity (Wildman–Crippen MR) is 115 cm³/mol. The SMILES string of the molecule is CC1=C(C(=O)Nc2ccc(C)cc2C)C(/C=C/c2ccccc2)n2ncnc2N1. The molecule has 1 aliphatic rings. The Labute approximate surface area is 170 Å². The smallest absolute Gasteiger partial charge is 0.255 e. The van der Waals surface area contributed by atoms with E-state index < -0.39 is 0 Å². The van der Waals surface area contributed by atoms with Crippen molar-refractivity contribution < 1.29 is 4.79 Å². The van der Waals surface area contributed by atoms with Crippen molar-refractivity contribution in [1.82, 2.24) is 14.8 Å². The number of rotatable bonds is 4. The van der Waals surface area contributed by atoms with Crippen molar-refractivity contribution in [3.63, 3.8) is 0 Å². The molecule has 0 aliphatic carbocycles. The van der Waals surface area contributed by atoms with Gasteiger partial charge in [-0.1, -0.05) is 60.2 Å². The molecule has 146 valence electrons. The van der Waals surface area contributed by atoms with Crippen LogP contribution < -0.4 is 10.6 Å². The van der Waals surface area contributed by atoms with Gasteiger partial charge in [0.15, 0.2) is 0 Å². The number of benzene rings is 2. The van der Waals surface area contributed by atoms with Gasteiger partial charge in [-0.15, -0.1) is 0 Å². The molecule has 4 rings (SSSR count). The zero-order chi connectivity index (χ0) is 20.4. The molecule has 1 aromatic heterocycles. The number of nitrogens with one attached hydrogen (secondary N) is 2. The van der Waals surface area contributed by atoms with Gasteiger partial charge in [0.1, 0.15) is 12.4 Å². The zero-order valence-electron chi connectivity index (χ0n) is 16.7. The first-order valence-electron chi connectivity index (χ1n) is 9.52. The van der Waals surface area contributed by atoms with E-state index in [0.717, 1.165) is 28.1 Å². The van der Waals surface area contributed by atoms with Gasteiger partial charge in [-0.2, -0.15) is 10.1 Å². The van der Waals surface area contributed by atoms with Gasteiger partial charge in [0.05, 0.1) is 5.57 Å². The molecule has 2 N–H and O–H groups in total. The minimum Gasteiger partial charge on any atom is -0.328 e. The Kier molecular flexibility index (Phi) is 4.99. The van der Waals surface area contributed by atoms with Crippen LogP contribution in [0.25, 0.3) is 6.08 Å². The van der Waals surface area contributed by atoms with E-state index in [1.807, 2.05) is 75.4 Å². The maximum Gasteiger partial charge on any atom is 0.255 e. The van der Waals surface area contributed by atoms with Crippen molar-refractivity contribution in [3.05, 3.63) is 88.9 Å². The number of hydrogen-bond donors (Lipinski definition) is 2. The third-order valence-electron chi connectivity index (χ3n) is 4.98. The normalized spacial score (nSPS) is 15.9. The number of anilines is 2. The molecule has 2 aromatic carbocycles. The molecule has 6 heteroatoms. The number of fused-ring (bicyclic) bond motifs is 1. The van der Waals surface area contributed by atoms with Crippen LogP contribution in [0, 0.1) is 13.8 Å². The number of amides is 1. The van der Waals surface area contributed by atoms with Crippen LogP contribution in [-0.4, -0.2) is 20.7 Å². The van der Waals surface area contributed by atoms with Gasteiger partial charge in [0, 0.05) is 11.4 Å². The van der Waals surface area contributed by atoms with Crippen LogP contribution in [0.15, 0.2) is 72.2 Å². The summed E-state index contributed by atoms with van der Waals surface area (Å²) in [6.07, 6.45) is 5.47. The van der Waals surface area contributed by atoms with E-state index in [2.05, 4.69) is 26.8 Å². The number of allylic oxidation sites excluding steroid dienone is 2. The summed E-state index contributed by atoms with van der Waals surface area (Å²) >= 11 is 0. The monoisotopic (exact) mass is 385 g/mol. The van der Waals surface area contributed by atoms with Crippen molar-refractivity contribution >= 4 is 23.6 Å². The number of hydrogen-bond acceptors (Lipinski definition) is 4. The molecule has 1 atom stereocenters. The van der Waals surface area contributed by atoms with Crippen LogP contribution in [0.1, 0.15) is 29.7 Å². The van der Waals surface area contributed by atoms with Crippen molar-refractivity contribution in [2.75, 3.05) is 10.6 Å². The zero-order valence-corrected chi connectivity index (χ0v) is 16.7. The first-order chi connectivity index (χ1) is 14.0. The molecule has 0 spiro atoms. The molecule has 0 fully saturated rings. The number of carbonyl (C=O) groups is 1. The van der Waals surface area contributed by atoms with Gasteiger partial charge in [0.25, 0.3) is 5.91 Å². The molecule has 2 heterocycles. The van der Waals surface area contributed by atoms with E-state index in [9.17, 15) is 4.79 Å². The number of nitrogens with zero attached hydrogens (tertiary/aromatic N) is 3. The van der Waals surface area contributed by atoms with Gasteiger partial charge in [0.2, 0.25) is 5.95 Å². The van der Waals surface area contributed by atoms with E-state index in [4.69, 9.17) is 0 Å². The molecule has 3 aromatic rings. The van der Waals surface area contributed by atoms with Crippen molar-refractivity contribution in [2.24, 2.45) is 0 Å². The van der Waals surface area contributed by atoms with E-state index in [1.165, 1.54) is 6.33 Å². The highest BCUT2D eigenvalue weighted by molar-refractivity contribution is 6.06. The molecule has 29 heavy (non-hydrogen) atoms. The van der Waals surface area contributed by atoms with E-state index in [0.29, 0.717) is 11.5 Å². The summed E-state index contributed by atoms with van der Waals surface area (Å²) in [6.45, 7) is 5.91. The summed E-state index contributed by atoms with van der Waals surface area (Å²) in [5.74, 6) is 0.457. The maximum absolute atomic E-state index is 13.3. The molecule has 0 saturated carbocycles. The predicted octanol–water partition coefficient (Wildman–Crippen LogP) is 4.49. The standard InChI is InChI=1S/C23H23N5O/c1-15-9-11-19(16(2)13-15)27-22(29)21-17(3)26-23-24-14-25-28(23)20(21)12-10-18-7-5-4-6-8-18/h4-14,20H,1-3H3,(H,27,29)(H,24,25,26)/b12-10+. The molecular formula is C23H23N5O. The second-order valence-corrected chi connectivity index (χ2v) is 7.18. The topological polar surface area (TPSA) is 71.8 Å². The second-order valence-electron chi connectivity index (χ2n) is 7.18. The third kappa shape index (κ3) is 3.82. The van der Waals surface area contributed by atoms with Crippen molar-refractivity contribution in [3.8, 4) is 0 Å². The molecule has 0 saturated heterocycles. The lowest BCUT2D eigenvalue weighted by Gasteiger charge is -2.26. The lowest BCUT2D eigenvalue weighted by atomic mass is 10.0. The van der Waals surface area contributed by atoms with Crippen molar-refractivity contribution in [1.29, 1.82) is 0 Å². The molecule has 1 amide bonds. The van der Waals surface area contributed by atoms with Gasteiger partial charge >= 0.3 is 0 Å². The van der Waals surface area contributed by atoms with Gasteiger partial charge in [-0.05, 0) is 38.0 Å². The van der Waals surface area contributed by atoms with E-state index in [1.54, 1.807) is 4.68 Å². The maximum atomic E-state index is 13.3. The fraction of sp³-hybridized carbons (Fsp3) is 0.174. The first kappa shape index (κ1) is 18.7. The summed E-state index contributed by atoms with van der Waals surface area (Å²) in [6, 6.07) is 15.6. The van der Waals surface area contributed by atoms with Gasteiger partial charge in [-0.25, -0.2) is 4.68 Å².